The van der Waals surface area contributed by atoms with Gasteiger partial charge in [0.2, 0.25) is 5.88 Å². The van der Waals surface area contributed by atoms with E-state index in [0.29, 0.717) is 30.4 Å². The van der Waals surface area contributed by atoms with E-state index in [-0.39, 0.29) is 18.5 Å². The fourth-order valence-corrected chi connectivity index (χ4v) is 1.66. The van der Waals surface area contributed by atoms with Crippen LogP contribution in [0.2, 0.25) is 0 Å². The van der Waals surface area contributed by atoms with Gasteiger partial charge < -0.3 is 25.1 Å². The van der Waals surface area contributed by atoms with Crippen molar-refractivity contribution in [2.75, 3.05) is 18.5 Å². The normalized spacial score (nSPS) is 9.96. The highest BCUT2D eigenvalue weighted by atomic mass is 16.5. The average molecular weight is 318 g/mol. The number of nitrogens with one attached hydrogen (secondary N) is 3. The summed E-state index contributed by atoms with van der Waals surface area (Å²) in [7, 11) is 0. The van der Waals surface area contributed by atoms with Crippen LogP contribution in [0, 0.1) is 0 Å². The largest absolute Gasteiger partial charge is 0.468 e. The summed E-state index contributed by atoms with van der Waals surface area (Å²) in [5.41, 5.74) is 0.533. The lowest BCUT2D eigenvalue weighted by molar-refractivity contribution is -0.123. The molecule has 0 atom stereocenters. The minimum Gasteiger partial charge on any atom is -0.468 e. The predicted octanol–water partition coefficient (Wildman–Crippen LogP) is 1.51. The molecule has 122 valence electrons. The van der Waals surface area contributed by atoms with Crippen LogP contribution in [0.25, 0.3) is 0 Å². The summed E-state index contributed by atoms with van der Waals surface area (Å²) >= 11 is 0. The molecular formula is C15H18N4O4. The maximum absolute atomic E-state index is 11.6. The molecule has 0 fully saturated rings. The first-order valence-electron chi connectivity index (χ1n) is 7.10. The Morgan fingerprint density at radius 1 is 1.26 bits per heavy atom. The van der Waals surface area contributed by atoms with Gasteiger partial charge in [-0.3, -0.25) is 4.79 Å². The van der Waals surface area contributed by atoms with Crippen LogP contribution in [-0.2, 0) is 11.3 Å². The Morgan fingerprint density at radius 3 is 2.78 bits per heavy atom. The third-order valence-corrected chi connectivity index (χ3v) is 2.72. The van der Waals surface area contributed by atoms with E-state index in [2.05, 4.69) is 20.9 Å². The Morgan fingerprint density at radius 2 is 2.13 bits per heavy atom. The minimum absolute atomic E-state index is 0.156. The van der Waals surface area contributed by atoms with Crippen molar-refractivity contribution in [2.24, 2.45) is 0 Å². The molecule has 2 aromatic heterocycles. The molecule has 0 saturated carbocycles. The van der Waals surface area contributed by atoms with Crippen LogP contribution in [0.15, 0.2) is 41.1 Å². The summed E-state index contributed by atoms with van der Waals surface area (Å²) in [5, 5.41) is 7.87. The van der Waals surface area contributed by atoms with E-state index in [0.717, 1.165) is 0 Å². The maximum atomic E-state index is 11.6. The quantitative estimate of drug-likeness (QED) is 0.717. The van der Waals surface area contributed by atoms with E-state index in [1.54, 1.807) is 24.3 Å². The van der Waals surface area contributed by atoms with Crippen LogP contribution in [0.4, 0.5) is 10.5 Å². The van der Waals surface area contributed by atoms with Crippen LogP contribution in [0.1, 0.15) is 12.7 Å². The number of hydrogen-bond donors (Lipinski definition) is 3. The number of carbonyl (C=O) groups is 2. The van der Waals surface area contributed by atoms with Crippen molar-refractivity contribution in [3.05, 3.63) is 42.5 Å². The molecule has 23 heavy (non-hydrogen) atoms. The molecular weight excluding hydrogens is 300 g/mol. The molecule has 0 aliphatic carbocycles. The van der Waals surface area contributed by atoms with Gasteiger partial charge in [-0.15, -0.1) is 0 Å². The SMILES string of the molecule is CCNC(=O)Nc1ccc(OCC(=O)NCc2ccco2)nc1. The van der Waals surface area contributed by atoms with E-state index in [1.807, 2.05) is 6.92 Å². The highest BCUT2D eigenvalue weighted by Crippen LogP contribution is 2.11. The van der Waals surface area contributed by atoms with E-state index < -0.39 is 0 Å². The number of nitrogens with zero attached hydrogens (tertiary/aromatic N) is 1. The lowest BCUT2D eigenvalue weighted by Crippen LogP contribution is -2.28. The molecule has 0 aromatic carbocycles. The monoisotopic (exact) mass is 318 g/mol. The zero-order chi connectivity index (χ0) is 16.5. The van der Waals surface area contributed by atoms with Gasteiger partial charge in [0.05, 0.1) is 24.7 Å². The zero-order valence-electron chi connectivity index (χ0n) is 12.7. The Hall–Kier alpha value is -3.03. The maximum Gasteiger partial charge on any atom is 0.319 e. The Kier molecular flexibility index (Phi) is 5.98. The second-order valence-corrected chi connectivity index (χ2v) is 4.51. The summed E-state index contributed by atoms with van der Waals surface area (Å²) in [6.07, 6.45) is 2.99. The predicted molar refractivity (Wildman–Crippen MR) is 83.0 cm³/mol. The van der Waals surface area contributed by atoms with Crippen LogP contribution in [0.3, 0.4) is 0 Å². The molecule has 2 aromatic rings. The van der Waals surface area contributed by atoms with Gasteiger partial charge in [0, 0.05) is 12.6 Å². The number of amides is 3. The standard InChI is InChI=1S/C15H18N4O4/c1-2-16-15(21)19-11-5-6-14(18-8-11)23-10-13(20)17-9-12-4-3-7-22-12/h3-8H,2,9-10H2,1H3,(H,17,20)(H2,16,19,21). The van der Waals surface area contributed by atoms with Crippen molar-refractivity contribution in [1.29, 1.82) is 0 Å². The molecule has 3 N–H and O–H groups in total. The molecule has 0 saturated heterocycles. The Bertz CT molecular complexity index is 625. The van der Waals surface area contributed by atoms with Gasteiger partial charge in [-0.25, -0.2) is 9.78 Å². The highest BCUT2D eigenvalue weighted by Gasteiger charge is 2.05. The lowest BCUT2D eigenvalue weighted by atomic mass is 10.4. The number of urea groups is 1. The lowest BCUT2D eigenvalue weighted by Gasteiger charge is -2.08. The van der Waals surface area contributed by atoms with E-state index in [9.17, 15) is 9.59 Å². The van der Waals surface area contributed by atoms with Crippen molar-refractivity contribution < 1.29 is 18.7 Å². The smallest absolute Gasteiger partial charge is 0.319 e. The first-order chi connectivity index (χ1) is 11.2. The van der Waals surface area contributed by atoms with Gasteiger partial charge in [-0.1, -0.05) is 0 Å². The van der Waals surface area contributed by atoms with Gasteiger partial charge >= 0.3 is 6.03 Å². The zero-order valence-corrected chi connectivity index (χ0v) is 12.7. The second kappa shape index (κ2) is 8.42. The second-order valence-electron chi connectivity index (χ2n) is 4.51. The number of pyridine rings is 1. The van der Waals surface area contributed by atoms with Gasteiger partial charge in [0.1, 0.15) is 5.76 Å². The third kappa shape index (κ3) is 5.70. The van der Waals surface area contributed by atoms with Gasteiger partial charge in [-0.05, 0) is 25.1 Å². The van der Waals surface area contributed by atoms with Gasteiger partial charge in [0.15, 0.2) is 6.61 Å². The topological polar surface area (TPSA) is 105 Å². The van der Waals surface area contributed by atoms with Crippen LogP contribution in [0.5, 0.6) is 5.88 Å². The average Bonchev–Trinajstić information content (AvgIpc) is 3.06. The van der Waals surface area contributed by atoms with Crippen LogP contribution in [-0.4, -0.2) is 30.1 Å². The number of hydrogen-bond acceptors (Lipinski definition) is 5. The number of ether oxygens (including phenoxy) is 1. The molecule has 0 aliphatic rings. The Labute approximate surface area is 133 Å². The van der Waals surface area contributed by atoms with Gasteiger partial charge in [-0.2, -0.15) is 0 Å². The van der Waals surface area contributed by atoms with Crippen molar-refractivity contribution >= 4 is 17.6 Å². The van der Waals surface area contributed by atoms with Gasteiger partial charge in [0.25, 0.3) is 5.91 Å². The van der Waals surface area contributed by atoms with Crippen molar-refractivity contribution in [2.45, 2.75) is 13.5 Å². The molecule has 0 radical (unpaired) electrons. The molecule has 0 bridgehead atoms. The van der Waals surface area contributed by atoms with E-state index in [4.69, 9.17) is 9.15 Å². The van der Waals surface area contributed by atoms with Crippen LogP contribution >= 0.6 is 0 Å². The molecule has 8 heteroatoms. The molecule has 2 rings (SSSR count). The molecule has 0 spiro atoms. The fourth-order valence-electron chi connectivity index (χ4n) is 1.66. The molecule has 0 aliphatic heterocycles. The first-order valence-corrected chi connectivity index (χ1v) is 7.10. The number of furan rings is 1. The number of carbonyl (C=O) groups excluding carboxylic acids is 2. The van der Waals surface area contributed by atoms with E-state index >= 15 is 0 Å². The van der Waals surface area contributed by atoms with Crippen LogP contribution < -0.4 is 20.7 Å². The molecule has 8 nitrogen and oxygen atoms in total. The first kappa shape index (κ1) is 16.3. The van der Waals surface area contributed by atoms with Crippen molar-refractivity contribution in [3.8, 4) is 5.88 Å². The summed E-state index contributed by atoms with van der Waals surface area (Å²) in [6, 6.07) is 6.42. The van der Waals surface area contributed by atoms with Crippen molar-refractivity contribution in [1.82, 2.24) is 15.6 Å². The number of rotatable bonds is 7. The minimum atomic E-state index is -0.305. The summed E-state index contributed by atoms with van der Waals surface area (Å²) in [5.74, 6) is 0.671. The van der Waals surface area contributed by atoms with Crippen molar-refractivity contribution in [3.63, 3.8) is 0 Å². The number of anilines is 1. The summed E-state index contributed by atoms with van der Waals surface area (Å²) in [6.45, 7) is 2.51. The summed E-state index contributed by atoms with van der Waals surface area (Å²) < 4.78 is 10.4. The third-order valence-electron chi connectivity index (χ3n) is 2.72. The highest BCUT2D eigenvalue weighted by molar-refractivity contribution is 5.88. The fraction of sp³-hybridized carbons (Fsp3) is 0.267. The molecule has 2 heterocycles. The Balaban J connectivity index is 1.72. The van der Waals surface area contributed by atoms with E-state index in [1.165, 1.54) is 12.5 Å². The molecule has 3 amide bonds. The molecule has 0 unspecified atom stereocenters. The number of aromatic nitrogens is 1. The summed E-state index contributed by atoms with van der Waals surface area (Å²) in [4.78, 5) is 27.0.